The van der Waals surface area contributed by atoms with Gasteiger partial charge in [-0.25, -0.2) is 13.8 Å². The Kier molecular flexibility index (Phi) is 5.92. The van der Waals surface area contributed by atoms with Gasteiger partial charge in [-0.15, -0.1) is 0 Å². The van der Waals surface area contributed by atoms with E-state index < -0.39 is 0 Å². The molecule has 30 heavy (non-hydrogen) atoms. The summed E-state index contributed by atoms with van der Waals surface area (Å²) < 4.78 is 31.6. The quantitative estimate of drug-likeness (QED) is 0.515. The molecule has 0 bridgehead atoms. The van der Waals surface area contributed by atoms with Crippen LogP contribution >= 0.6 is 0 Å². The van der Waals surface area contributed by atoms with Crippen LogP contribution < -0.4 is 10.6 Å². The molecule has 1 aromatic heterocycles. The van der Waals surface area contributed by atoms with E-state index in [0.717, 1.165) is 43.1 Å². The Labute approximate surface area is 173 Å². The number of aliphatic imine (C=N–C) groups is 1. The Balaban J connectivity index is 1.27. The summed E-state index contributed by atoms with van der Waals surface area (Å²) in [7, 11) is 0. The molecule has 0 amide bonds. The molecule has 2 aromatic carbocycles. The van der Waals surface area contributed by atoms with Gasteiger partial charge < -0.3 is 20.0 Å². The maximum absolute atomic E-state index is 13.1. The molecule has 0 spiro atoms. The molecule has 1 fully saturated rings. The lowest BCUT2D eigenvalue weighted by Crippen LogP contribution is -2.51. The van der Waals surface area contributed by atoms with Crippen LogP contribution in [0.15, 0.2) is 64.2 Å². The van der Waals surface area contributed by atoms with Crippen molar-refractivity contribution in [1.82, 2.24) is 9.88 Å². The van der Waals surface area contributed by atoms with Crippen LogP contribution in [0, 0.1) is 11.6 Å². The third kappa shape index (κ3) is 4.76. The molecule has 3 aromatic rings. The molecule has 156 valence electrons. The second kappa shape index (κ2) is 8.94. The molecule has 4 rings (SSSR count). The smallest absolute Gasteiger partial charge is 0.226 e. The van der Waals surface area contributed by atoms with E-state index in [1.807, 2.05) is 4.90 Å². The van der Waals surface area contributed by atoms with E-state index in [-0.39, 0.29) is 11.6 Å². The average Bonchev–Trinajstić information content (AvgIpc) is 3.24. The van der Waals surface area contributed by atoms with Crippen molar-refractivity contribution in [2.24, 2.45) is 10.7 Å². The highest BCUT2D eigenvalue weighted by Gasteiger charge is 2.18. The van der Waals surface area contributed by atoms with Gasteiger partial charge in [0.15, 0.2) is 5.96 Å². The molecule has 2 N–H and O–H groups in total. The van der Waals surface area contributed by atoms with Gasteiger partial charge in [0.2, 0.25) is 5.89 Å². The number of nitrogens with zero attached hydrogens (tertiary/aromatic N) is 4. The highest BCUT2D eigenvalue weighted by molar-refractivity contribution is 5.78. The third-order valence-electron chi connectivity index (χ3n) is 5.08. The molecule has 0 atom stereocenters. The first-order valence-electron chi connectivity index (χ1n) is 9.84. The van der Waals surface area contributed by atoms with Crippen LogP contribution in [0.25, 0.3) is 11.5 Å². The Morgan fingerprint density at radius 2 is 1.60 bits per heavy atom. The van der Waals surface area contributed by atoms with Crippen LogP contribution in [0.2, 0.25) is 0 Å². The molecule has 0 radical (unpaired) electrons. The Morgan fingerprint density at radius 1 is 0.967 bits per heavy atom. The fourth-order valence-corrected chi connectivity index (χ4v) is 3.38. The van der Waals surface area contributed by atoms with Gasteiger partial charge in [-0.3, -0.25) is 4.99 Å². The highest BCUT2D eigenvalue weighted by atomic mass is 19.1. The normalized spacial score (nSPS) is 14.9. The highest BCUT2D eigenvalue weighted by Crippen LogP contribution is 2.19. The first-order valence-corrected chi connectivity index (χ1v) is 9.84. The predicted molar refractivity (Wildman–Crippen MR) is 112 cm³/mol. The first kappa shape index (κ1) is 19.9. The van der Waals surface area contributed by atoms with Crippen LogP contribution in [0.3, 0.4) is 0 Å². The number of benzene rings is 2. The molecule has 6 nitrogen and oxygen atoms in total. The molecule has 1 aliphatic rings. The maximum atomic E-state index is 13.1. The summed E-state index contributed by atoms with van der Waals surface area (Å²) in [4.78, 5) is 13.1. The van der Waals surface area contributed by atoms with Gasteiger partial charge in [-0.05, 0) is 48.5 Å². The number of nitrogens with two attached hydrogens (primary N) is 1. The van der Waals surface area contributed by atoms with Crippen LogP contribution in [-0.2, 0) is 6.42 Å². The zero-order valence-electron chi connectivity index (χ0n) is 16.5. The van der Waals surface area contributed by atoms with Crippen molar-refractivity contribution < 1.29 is 13.2 Å². The first-order chi connectivity index (χ1) is 14.6. The van der Waals surface area contributed by atoms with Crippen LogP contribution in [0.4, 0.5) is 14.5 Å². The lowest BCUT2D eigenvalue weighted by atomic mass is 10.2. The number of guanidine groups is 1. The van der Waals surface area contributed by atoms with Crippen LogP contribution in [-0.4, -0.2) is 48.6 Å². The molecular formula is C22H23F2N5O. The number of hydrogen-bond acceptors (Lipinski definition) is 4. The number of hydrogen-bond donors (Lipinski definition) is 1. The van der Waals surface area contributed by atoms with Crippen molar-refractivity contribution >= 4 is 11.6 Å². The van der Waals surface area contributed by atoms with E-state index in [2.05, 4.69) is 14.9 Å². The molecule has 0 saturated carbocycles. The van der Waals surface area contributed by atoms with Gasteiger partial charge in [-0.2, -0.15) is 0 Å². The number of piperazine rings is 1. The molecule has 0 unspecified atom stereocenters. The molecule has 1 aliphatic heterocycles. The van der Waals surface area contributed by atoms with E-state index in [4.69, 9.17) is 10.2 Å². The number of oxazole rings is 1. The lowest BCUT2D eigenvalue weighted by Gasteiger charge is -2.36. The third-order valence-corrected chi connectivity index (χ3v) is 5.08. The minimum Gasteiger partial charge on any atom is -0.444 e. The summed E-state index contributed by atoms with van der Waals surface area (Å²) in [5.74, 6) is 0.439. The summed E-state index contributed by atoms with van der Waals surface area (Å²) in [5.41, 5.74) is 8.66. The number of rotatable bonds is 5. The summed E-state index contributed by atoms with van der Waals surface area (Å²) in [6, 6.07) is 12.5. The van der Waals surface area contributed by atoms with Crippen LogP contribution in [0.5, 0.6) is 0 Å². The van der Waals surface area contributed by atoms with Gasteiger partial charge in [0.1, 0.15) is 17.9 Å². The second-order valence-corrected chi connectivity index (χ2v) is 7.09. The minimum atomic E-state index is -0.297. The topological polar surface area (TPSA) is 70.9 Å². The second-order valence-electron chi connectivity index (χ2n) is 7.09. The van der Waals surface area contributed by atoms with Crippen molar-refractivity contribution in [3.63, 3.8) is 0 Å². The maximum Gasteiger partial charge on any atom is 0.226 e. The van der Waals surface area contributed by atoms with Crippen molar-refractivity contribution in [3.8, 4) is 11.5 Å². The number of halogens is 2. The van der Waals surface area contributed by atoms with Gasteiger partial charge in [0.05, 0.1) is 5.69 Å². The van der Waals surface area contributed by atoms with E-state index >= 15 is 0 Å². The Bertz CT molecular complexity index is 993. The monoisotopic (exact) mass is 411 g/mol. The van der Waals surface area contributed by atoms with Gasteiger partial charge >= 0.3 is 0 Å². The largest absolute Gasteiger partial charge is 0.444 e. The lowest BCUT2D eigenvalue weighted by molar-refractivity contribution is 0.381. The van der Waals surface area contributed by atoms with Crippen LogP contribution in [0.1, 0.15) is 5.69 Å². The van der Waals surface area contributed by atoms with Crippen molar-refractivity contribution in [3.05, 3.63) is 72.1 Å². The van der Waals surface area contributed by atoms with Gasteiger partial charge in [-0.1, -0.05) is 0 Å². The van der Waals surface area contributed by atoms with E-state index in [0.29, 0.717) is 24.8 Å². The standard InChI is InChI=1S/C22H23F2N5O/c23-17-3-1-16(2-4-17)21-27-19(15-30-21)9-10-26-22(25)29-13-11-28(12-14-29)20-7-5-18(24)6-8-20/h1-8,15H,9-14H2,(H2,25,26). The Morgan fingerprint density at radius 3 is 2.27 bits per heavy atom. The Hall–Kier alpha value is -3.42. The predicted octanol–water partition coefficient (Wildman–Crippen LogP) is 3.30. The fraction of sp³-hybridized carbons (Fsp3) is 0.273. The van der Waals surface area contributed by atoms with E-state index in [1.165, 1.54) is 24.3 Å². The molecular weight excluding hydrogens is 388 g/mol. The van der Waals surface area contributed by atoms with Crippen molar-refractivity contribution in [2.75, 3.05) is 37.6 Å². The van der Waals surface area contributed by atoms with Crippen molar-refractivity contribution in [2.45, 2.75) is 6.42 Å². The summed E-state index contributed by atoms with van der Waals surface area (Å²) in [5, 5.41) is 0. The zero-order chi connectivity index (χ0) is 20.9. The summed E-state index contributed by atoms with van der Waals surface area (Å²) in [6.07, 6.45) is 2.19. The van der Waals surface area contributed by atoms with E-state index in [9.17, 15) is 8.78 Å². The van der Waals surface area contributed by atoms with Crippen molar-refractivity contribution in [1.29, 1.82) is 0 Å². The average molecular weight is 411 g/mol. The molecule has 8 heteroatoms. The number of aromatic nitrogens is 1. The van der Waals surface area contributed by atoms with Gasteiger partial charge in [0, 0.05) is 50.4 Å². The zero-order valence-corrected chi connectivity index (χ0v) is 16.5. The van der Waals surface area contributed by atoms with Gasteiger partial charge in [0.25, 0.3) is 0 Å². The SMILES string of the molecule is NC(=NCCc1coc(-c2ccc(F)cc2)n1)N1CCN(c2ccc(F)cc2)CC1. The molecule has 2 heterocycles. The number of anilines is 1. The minimum absolute atomic E-state index is 0.231. The fourth-order valence-electron chi connectivity index (χ4n) is 3.38. The molecule has 1 saturated heterocycles. The summed E-state index contributed by atoms with van der Waals surface area (Å²) in [6.45, 7) is 3.61. The summed E-state index contributed by atoms with van der Waals surface area (Å²) >= 11 is 0. The molecule has 0 aliphatic carbocycles. The van der Waals surface area contributed by atoms with E-state index in [1.54, 1.807) is 30.5 Å².